The molecule has 2 aromatic rings. The summed E-state index contributed by atoms with van der Waals surface area (Å²) in [5, 5.41) is 2.92. The lowest BCUT2D eigenvalue weighted by Gasteiger charge is -2.10. The van der Waals surface area contributed by atoms with Crippen LogP contribution in [0.4, 0.5) is 19.0 Å². The van der Waals surface area contributed by atoms with Crippen LogP contribution >= 0.6 is 0 Å². The van der Waals surface area contributed by atoms with Crippen molar-refractivity contribution < 1.29 is 13.2 Å². The Morgan fingerprint density at radius 3 is 2.50 bits per heavy atom. The van der Waals surface area contributed by atoms with Crippen molar-refractivity contribution in [1.29, 1.82) is 0 Å². The first kappa shape index (κ1) is 14.4. The number of aryl methyl sites for hydroxylation is 1. The molecule has 0 aliphatic rings. The highest BCUT2D eigenvalue weighted by Crippen LogP contribution is 2.28. The summed E-state index contributed by atoms with van der Waals surface area (Å²) < 4.78 is 37.6. The number of hydrogen-bond acceptors (Lipinski definition) is 2. The maximum absolute atomic E-state index is 12.5. The molecule has 106 valence electrons. The minimum Gasteiger partial charge on any atom is -0.370 e. The van der Waals surface area contributed by atoms with Gasteiger partial charge >= 0.3 is 6.18 Å². The highest BCUT2D eigenvalue weighted by atomic mass is 19.4. The Morgan fingerprint density at radius 2 is 1.80 bits per heavy atom. The van der Waals surface area contributed by atoms with Crippen LogP contribution in [0.5, 0.6) is 0 Å². The van der Waals surface area contributed by atoms with E-state index in [9.17, 15) is 13.2 Å². The van der Waals surface area contributed by atoms with Gasteiger partial charge in [0.25, 0.3) is 0 Å². The third-order valence-electron chi connectivity index (χ3n) is 3.00. The maximum Gasteiger partial charge on any atom is 0.433 e. The van der Waals surface area contributed by atoms with Crippen molar-refractivity contribution in [2.75, 3.05) is 11.9 Å². The van der Waals surface area contributed by atoms with Gasteiger partial charge in [0.2, 0.25) is 0 Å². The fourth-order valence-electron chi connectivity index (χ4n) is 1.91. The molecule has 1 aromatic carbocycles. The molecule has 0 amide bonds. The standard InChI is InChI=1S/C15H15F3N2/c1-11-5-2-3-6-12(11)9-10-19-14-8-4-7-13(20-14)15(16,17)18/h2-8H,9-10H2,1H3,(H,19,20). The number of aromatic nitrogens is 1. The van der Waals surface area contributed by atoms with Crippen LogP contribution in [0.15, 0.2) is 42.5 Å². The summed E-state index contributed by atoms with van der Waals surface area (Å²) in [6, 6.07) is 11.8. The monoisotopic (exact) mass is 280 g/mol. The van der Waals surface area contributed by atoms with E-state index in [2.05, 4.69) is 10.3 Å². The van der Waals surface area contributed by atoms with E-state index in [1.807, 2.05) is 31.2 Å². The Kier molecular flexibility index (Phi) is 4.27. The van der Waals surface area contributed by atoms with Gasteiger partial charge < -0.3 is 5.32 Å². The summed E-state index contributed by atoms with van der Waals surface area (Å²) in [6.45, 7) is 2.55. The van der Waals surface area contributed by atoms with Crippen LogP contribution in [0.3, 0.4) is 0 Å². The second kappa shape index (κ2) is 5.94. The summed E-state index contributed by atoms with van der Waals surface area (Å²) in [5.41, 5.74) is 1.47. The first-order valence-electron chi connectivity index (χ1n) is 6.29. The molecular weight excluding hydrogens is 265 g/mol. The molecule has 0 aliphatic carbocycles. The Bertz CT molecular complexity index is 579. The summed E-state index contributed by atoms with van der Waals surface area (Å²) >= 11 is 0. The van der Waals surface area contributed by atoms with E-state index in [-0.39, 0.29) is 5.82 Å². The largest absolute Gasteiger partial charge is 0.433 e. The van der Waals surface area contributed by atoms with Crippen molar-refractivity contribution in [2.24, 2.45) is 0 Å². The zero-order chi connectivity index (χ0) is 14.6. The number of halogens is 3. The van der Waals surface area contributed by atoms with E-state index < -0.39 is 11.9 Å². The number of anilines is 1. The van der Waals surface area contributed by atoms with Gasteiger partial charge in [-0.3, -0.25) is 0 Å². The average Bonchev–Trinajstić information content (AvgIpc) is 2.40. The molecule has 2 nitrogen and oxygen atoms in total. The van der Waals surface area contributed by atoms with Crippen molar-refractivity contribution in [2.45, 2.75) is 19.5 Å². The van der Waals surface area contributed by atoms with Gasteiger partial charge in [0.1, 0.15) is 11.5 Å². The Labute approximate surface area is 115 Å². The third-order valence-corrected chi connectivity index (χ3v) is 3.00. The molecule has 0 radical (unpaired) electrons. The smallest absolute Gasteiger partial charge is 0.370 e. The number of nitrogens with one attached hydrogen (secondary N) is 1. The second-order valence-electron chi connectivity index (χ2n) is 4.51. The van der Waals surface area contributed by atoms with Crippen molar-refractivity contribution in [3.05, 3.63) is 59.3 Å². The normalized spacial score (nSPS) is 11.4. The first-order chi connectivity index (χ1) is 9.47. The maximum atomic E-state index is 12.5. The fourth-order valence-corrected chi connectivity index (χ4v) is 1.91. The van der Waals surface area contributed by atoms with Crippen LogP contribution in [0.1, 0.15) is 16.8 Å². The molecule has 0 fully saturated rings. The number of pyridine rings is 1. The SMILES string of the molecule is Cc1ccccc1CCNc1cccc(C(F)(F)F)n1. The fraction of sp³-hybridized carbons (Fsp3) is 0.267. The number of alkyl halides is 3. The average molecular weight is 280 g/mol. The molecule has 0 saturated heterocycles. The molecule has 0 atom stereocenters. The summed E-state index contributed by atoms with van der Waals surface area (Å²) in [5.74, 6) is 0.244. The van der Waals surface area contributed by atoms with Crippen molar-refractivity contribution in [1.82, 2.24) is 4.98 Å². The lowest BCUT2D eigenvalue weighted by atomic mass is 10.1. The zero-order valence-corrected chi connectivity index (χ0v) is 11.0. The zero-order valence-electron chi connectivity index (χ0n) is 11.0. The Balaban J connectivity index is 1.97. The van der Waals surface area contributed by atoms with E-state index in [4.69, 9.17) is 0 Å². The predicted octanol–water partition coefficient (Wildman–Crippen LogP) is 4.06. The van der Waals surface area contributed by atoms with Crippen molar-refractivity contribution in [3.8, 4) is 0 Å². The predicted molar refractivity (Wildman–Crippen MR) is 72.6 cm³/mol. The molecule has 0 unspecified atom stereocenters. The molecule has 0 spiro atoms. The molecule has 2 rings (SSSR count). The van der Waals surface area contributed by atoms with Crippen LogP contribution in [0.25, 0.3) is 0 Å². The topological polar surface area (TPSA) is 24.9 Å². The van der Waals surface area contributed by atoms with E-state index >= 15 is 0 Å². The van der Waals surface area contributed by atoms with Gasteiger partial charge in [-0.2, -0.15) is 13.2 Å². The summed E-state index contributed by atoms with van der Waals surface area (Å²) in [6.07, 6.45) is -3.67. The minimum absolute atomic E-state index is 0.244. The minimum atomic E-state index is -4.41. The Hall–Kier alpha value is -2.04. The molecule has 20 heavy (non-hydrogen) atoms. The Morgan fingerprint density at radius 1 is 1.05 bits per heavy atom. The van der Waals surface area contributed by atoms with Gasteiger partial charge in [-0.25, -0.2) is 4.98 Å². The molecular formula is C15H15F3N2. The van der Waals surface area contributed by atoms with Gasteiger partial charge in [0, 0.05) is 6.54 Å². The summed E-state index contributed by atoms with van der Waals surface area (Å²) in [7, 11) is 0. The highest BCUT2D eigenvalue weighted by Gasteiger charge is 2.32. The lowest BCUT2D eigenvalue weighted by Crippen LogP contribution is -2.11. The van der Waals surface area contributed by atoms with Crippen LogP contribution in [-0.2, 0) is 12.6 Å². The summed E-state index contributed by atoms with van der Waals surface area (Å²) in [4.78, 5) is 3.56. The van der Waals surface area contributed by atoms with Gasteiger partial charge in [-0.15, -0.1) is 0 Å². The quantitative estimate of drug-likeness (QED) is 0.913. The molecule has 0 bridgehead atoms. The lowest BCUT2D eigenvalue weighted by molar-refractivity contribution is -0.141. The number of benzene rings is 1. The van der Waals surface area contributed by atoms with Crippen LogP contribution < -0.4 is 5.32 Å². The van der Waals surface area contributed by atoms with Crippen LogP contribution in [-0.4, -0.2) is 11.5 Å². The van der Waals surface area contributed by atoms with Gasteiger partial charge in [0.15, 0.2) is 0 Å². The first-order valence-corrected chi connectivity index (χ1v) is 6.29. The van der Waals surface area contributed by atoms with Crippen LogP contribution in [0, 0.1) is 6.92 Å². The third kappa shape index (κ3) is 3.73. The molecule has 1 heterocycles. The van der Waals surface area contributed by atoms with Gasteiger partial charge in [-0.1, -0.05) is 30.3 Å². The second-order valence-corrected chi connectivity index (χ2v) is 4.51. The van der Waals surface area contributed by atoms with Gasteiger partial charge in [-0.05, 0) is 36.6 Å². The van der Waals surface area contributed by atoms with Gasteiger partial charge in [0.05, 0.1) is 0 Å². The van der Waals surface area contributed by atoms with E-state index in [1.54, 1.807) is 0 Å². The molecule has 1 N–H and O–H groups in total. The number of rotatable bonds is 4. The van der Waals surface area contributed by atoms with Crippen molar-refractivity contribution in [3.63, 3.8) is 0 Å². The van der Waals surface area contributed by atoms with Crippen LogP contribution in [0.2, 0.25) is 0 Å². The molecule has 0 saturated carbocycles. The molecule has 5 heteroatoms. The van der Waals surface area contributed by atoms with E-state index in [0.717, 1.165) is 12.5 Å². The van der Waals surface area contributed by atoms with E-state index in [1.165, 1.54) is 23.3 Å². The van der Waals surface area contributed by atoms with Crippen molar-refractivity contribution >= 4 is 5.82 Å². The molecule has 0 aliphatic heterocycles. The molecule has 1 aromatic heterocycles. The number of hydrogen-bond donors (Lipinski definition) is 1. The number of nitrogens with zero attached hydrogens (tertiary/aromatic N) is 1. The highest BCUT2D eigenvalue weighted by molar-refractivity contribution is 5.36. The van der Waals surface area contributed by atoms with E-state index in [0.29, 0.717) is 6.54 Å².